The molecule has 0 aliphatic heterocycles. The highest BCUT2D eigenvalue weighted by molar-refractivity contribution is 7.89. The number of sulfonamides is 1. The van der Waals surface area contributed by atoms with Gasteiger partial charge in [-0.3, -0.25) is 9.59 Å². The fraction of sp³-hybridized carbons (Fsp3) is 0.500. The molecule has 1 amide bonds. The molecule has 1 atom stereocenters. The minimum atomic E-state index is -4.11. The summed E-state index contributed by atoms with van der Waals surface area (Å²) in [7, 11) is 0.322. The molecular formula is C16H24N2O6S. The maximum absolute atomic E-state index is 12.5. The average Bonchev–Trinajstić information content (AvgIpc) is 2.51. The number of methoxy groups -OCH3 is 1. The normalized spacial score (nSPS) is 12.7. The van der Waals surface area contributed by atoms with Crippen LogP contribution < -0.4 is 9.46 Å². The zero-order valence-corrected chi connectivity index (χ0v) is 15.8. The van der Waals surface area contributed by atoms with Crippen molar-refractivity contribution in [3.63, 3.8) is 0 Å². The first-order valence-electron chi connectivity index (χ1n) is 7.64. The van der Waals surface area contributed by atoms with Gasteiger partial charge in [-0.05, 0) is 30.5 Å². The van der Waals surface area contributed by atoms with E-state index in [1.54, 1.807) is 13.8 Å². The quantitative estimate of drug-likeness (QED) is 0.708. The number of rotatable bonds is 8. The molecule has 1 aromatic rings. The number of carboxylic acid groups (broad SMARTS) is 1. The van der Waals surface area contributed by atoms with Crippen molar-refractivity contribution in [1.29, 1.82) is 0 Å². The molecule has 140 valence electrons. The Morgan fingerprint density at radius 3 is 2.32 bits per heavy atom. The summed E-state index contributed by atoms with van der Waals surface area (Å²) in [6.45, 7) is 3.59. The third-order valence-electron chi connectivity index (χ3n) is 3.42. The first kappa shape index (κ1) is 20.9. The van der Waals surface area contributed by atoms with Gasteiger partial charge in [0.15, 0.2) is 0 Å². The number of nitrogens with one attached hydrogen (secondary N) is 1. The second-order valence-electron chi connectivity index (χ2n) is 6.20. The van der Waals surface area contributed by atoms with Gasteiger partial charge in [-0.25, -0.2) is 8.42 Å². The number of carbonyl (C=O) groups excluding carboxylic acids is 1. The Bertz CT molecular complexity index is 743. The molecule has 0 heterocycles. The molecule has 0 aromatic heterocycles. The highest BCUT2D eigenvalue weighted by atomic mass is 32.2. The smallest absolute Gasteiger partial charge is 0.321 e. The molecule has 0 fully saturated rings. The van der Waals surface area contributed by atoms with E-state index in [9.17, 15) is 23.1 Å². The summed E-state index contributed by atoms with van der Waals surface area (Å²) in [5.74, 6) is -1.46. The van der Waals surface area contributed by atoms with Gasteiger partial charge >= 0.3 is 5.97 Å². The van der Waals surface area contributed by atoms with Crippen LogP contribution in [0.25, 0.3) is 0 Å². The zero-order valence-electron chi connectivity index (χ0n) is 14.9. The number of hydrogen-bond acceptors (Lipinski definition) is 5. The molecule has 0 saturated carbocycles. The number of hydrogen-bond donors (Lipinski definition) is 2. The molecule has 1 rings (SSSR count). The summed E-state index contributed by atoms with van der Waals surface area (Å²) in [5, 5.41) is 9.22. The van der Waals surface area contributed by atoms with Crippen molar-refractivity contribution < 1.29 is 27.9 Å². The van der Waals surface area contributed by atoms with E-state index in [-0.39, 0.29) is 28.5 Å². The molecule has 0 aliphatic rings. The second-order valence-corrected chi connectivity index (χ2v) is 7.92. The number of carbonyl (C=O) groups is 2. The molecule has 0 spiro atoms. The molecular weight excluding hydrogens is 348 g/mol. The van der Waals surface area contributed by atoms with E-state index in [0.717, 1.165) is 0 Å². The van der Waals surface area contributed by atoms with Crippen LogP contribution in [0.1, 0.15) is 30.6 Å². The van der Waals surface area contributed by atoms with Crippen LogP contribution in [0.4, 0.5) is 0 Å². The number of ether oxygens (including phenoxy) is 1. The molecule has 8 nitrogen and oxygen atoms in total. The van der Waals surface area contributed by atoms with Gasteiger partial charge in [0.05, 0.1) is 17.6 Å². The summed E-state index contributed by atoms with van der Waals surface area (Å²) >= 11 is 0. The lowest BCUT2D eigenvalue weighted by Gasteiger charge is -2.18. The van der Waals surface area contributed by atoms with Crippen LogP contribution in [-0.4, -0.2) is 57.5 Å². The van der Waals surface area contributed by atoms with Gasteiger partial charge in [-0.2, -0.15) is 4.72 Å². The van der Waals surface area contributed by atoms with Crippen molar-refractivity contribution in [2.24, 2.45) is 5.92 Å². The van der Waals surface area contributed by atoms with E-state index < -0.39 is 27.9 Å². The first-order chi connectivity index (χ1) is 11.5. The predicted octanol–water partition coefficient (Wildman–Crippen LogP) is 1.17. The predicted molar refractivity (Wildman–Crippen MR) is 92.2 cm³/mol. The lowest BCUT2D eigenvalue weighted by atomic mass is 10.1. The van der Waals surface area contributed by atoms with Gasteiger partial charge in [0.2, 0.25) is 10.0 Å². The van der Waals surface area contributed by atoms with Crippen molar-refractivity contribution in [3.05, 3.63) is 23.8 Å². The summed E-state index contributed by atoms with van der Waals surface area (Å²) in [6, 6.07) is 2.56. The molecule has 0 saturated heterocycles. The van der Waals surface area contributed by atoms with Crippen LogP contribution in [0.2, 0.25) is 0 Å². The number of benzene rings is 1. The van der Waals surface area contributed by atoms with Crippen LogP contribution in [0.5, 0.6) is 5.75 Å². The van der Waals surface area contributed by atoms with E-state index in [4.69, 9.17) is 4.74 Å². The molecule has 2 N–H and O–H groups in total. The van der Waals surface area contributed by atoms with E-state index in [1.165, 1.54) is 44.3 Å². The fourth-order valence-corrected chi connectivity index (χ4v) is 3.42. The minimum Gasteiger partial charge on any atom is -0.496 e. The lowest BCUT2D eigenvalue weighted by molar-refractivity contribution is -0.139. The van der Waals surface area contributed by atoms with Crippen LogP contribution in [-0.2, 0) is 14.8 Å². The second kappa shape index (κ2) is 8.30. The fourth-order valence-electron chi connectivity index (χ4n) is 2.19. The first-order valence-corrected chi connectivity index (χ1v) is 9.12. The molecule has 1 aromatic carbocycles. The Kier molecular flexibility index (Phi) is 6.95. The third-order valence-corrected chi connectivity index (χ3v) is 4.89. The standard InChI is InChI=1S/C16H24N2O6S/c1-10(2)8-13(16(20)21)17-25(22,23)11-6-7-14(24-5)12(9-11)15(19)18(3)4/h6-7,9-10,13,17H,8H2,1-5H3,(H,20,21)/t13-/m1/s1. The van der Waals surface area contributed by atoms with E-state index in [2.05, 4.69) is 4.72 Å². The Hall–Kier alpha value is -2.13. The summed E-state index contributed by atoms with van der Waals surface area (Å²) in [4.78, 5) is 24.6. The molecule has 0 radical (unpaired) electrons. The number of nitrogens with zero attached hydrogens (tertiary/aromatic N) is 1. The van der Waals surface area contributed by atoms with E-state index in [0.29, 0.717) is 0 Å². The van der Waals surface area contributed by atoms with Gasteiger partial charge in [-0.15, -0.1) is 0 Å². The van der Waals surface area contributed by atoms with Crippen molar-refractivity contribution in [3.8, 4) is 5.75 Å². The Balaban J connectivity index is 3.27. The van der Waals surface area contributed by atoms with Crippen LogP contribution >= 0.6 is 0 Å². The highest BCUT2D eigenvalue weighted by Crippen LogP contribution is 2.24. The van der Waals surface area contributed by atoms with Crippen molar-refractivity contribution in [2.75, 3.05) is 21.2 Å². The van der Waals surface area contributed by atoms with Gasteiger partial charge in [0.25, 0.3) is 5.91 Å². The van der Waals surface area contributed by atoms with Crippen molar-refractivity contribution in [2.45, 2.75) is 31.2 Å². The van der Waals surface area contributed by atoms with Crippen molar-refractivity contribution >= 4 is 21.9 Å². The van der Waals surface area contributed by atoms with Gasteiger partial charge in [-0.1, -0.05) is 13.8 Å². The topological polar surface area (TPSA) is 113 Å². The van der Waals surface area contributed by atoms with Crippen LogP contribution in [0, 0.1) is 5.92 Å². The van der Waals surface area contributed by atoms with E-state index in [1.807, 2.05) is 0 Å². The van der Waals surface area contributed by atoms with Crippen molar-refractivity contribution in [1.82, 2.24) is 9.62 Å². The summed E-state index contributed by atoms with van der Waals surface area (Å²) in [6.07, 6.45) is 0.147. The summed E-state index contributed by atoms with van der Waals surface area (Å²) in [5.41, 5.74) is 0.0751. The Morgan fingerprint density at radius 2 is 1.88 bits per heavy atom. The maximum Gasteiger partial charge on any atom is 0.321 e. The zero-order chi connectivity index (χ0) is 19.4. The molecule has 0 bridgehead atoms. The molecule has 0 unspecified atom stereocenters. The van der Waals surface area contributed by atoms with Gasteiger partial charge in [0, 0.05) is 14.1 Å². The molecule has 0 aliphatic carbocycles. The molecule has 25 heavy (non-hydrogen) atoms. The van der Waals surface area contributed by atoms with Crippen LogP contribution in [0.3, 0.4) is 0 Å². The van der Waals surface area contributed by atoms with E-state index >= 15 is 0 Å². The largest absolute Gasteiger partial charge is 0.496 e. The Labute approximate surface area is 147 Å². The monoisotopic (exact) mass is 372 g/mol. The number of amides is 1. The van der Waals surface area contributed by atoms with Crippen LogP contribution in [0.15, 0.2) is 23.1 Å². The minimum absolute atomic E-state index is 0.00875. The summed E-state index contributed by atoms with van der Waals surface area (Å²) < 4.78 is 32.3. The SMILES string of the molecule is COc1ccc(S(=O)(=O)N[C@H](CC(C)C)C(=O)O)cc1C(=O)N(C)C. The average molecular weight is 372 g/mol. The number of carboxylic acids is 1. The Morgan fingerprint density at radius 1 is 1.28 bits per heavy atom. The maximum atomic E-state index is 12.5. The van der Waals surface area contributed by atoms with Gasteiger partial charge in [0.1, 0.15) is 11.8 Å². The lowest BCUT2D eigenvalue weighted by Crippen LogP contribution is -2.41. The number of aliphatic carboxylic acids is 1. The third kappa shape index (κ3) is 5.43. The molecule has 9 heteroatoms. The van der Waals surface area contributed by atoms with Gasteiger partial charge < -0.3 is 14.7 Å². The highest BCUT2D eigenvalue weighted by Gasteiger charge is 2.27.